The van der Waals surface area contributed by atoms with Gasteiger partial charge in [0.1, 0.15) is 5.67 Å². The zero-order valence-electron chi connectivity index (χ0n) is 21.4. The second kappa shape index (κ2) is 9.60. The maximum absolute atomic E-state index is 14.0. The third-order valence-corrected chi connectivity index (χ3v) is 7.74. The zero-order chi connectivity index (χ0) is 24.5. The molecule has 1 aliphatic heterocycles. The van der Waals surface area contributed by atoms with Gasteiger partial charge in [-0.15, -0.1) is 0 Å². The first-order valence-corrected chi connectivity index (χ1v) is 12.9. The Morgan fingerprint density at radius 1 is 1.06 bits per heavy atom. The van der Waals surface area contributed by atoms with Crippen molar-refractivity contribution in [1.82, 2.24) is 5.32 Å². The highest BCUT2D eigenvalue weighted by molar-refractivity contribution is 5.65. The summed E-state index contributed by atoms with van der Waals surface area (Å²) in [6, 6.07) is 14.5. The van der Waals surface area contributed by atoms with Crippen molar-refractivity contribution >= 4 is 11.4 Å². The standard InChI is InChI=1S/C31H41FN2/c1-21-19-31(6,34-23(3)29(21)25-11-8-7-9-12-25)27-13-10-14-28(22(27)2)33-26-17-15-24(16-18-26)20-30(4,5)32/h10,13-18,25,29,33-34H,1,3,7-9,11-12,19-20H2,2,4-6H3/t29?,31-/m0/s1. The highest BCUT2D eigenvalue weighted by Gasteiger charge is 2.40. The van der Waals surface area contributed by atoms with Crippen LogP contribution < -0.4 is 10.6 Å². The summed E-state index contributed by atoms with van der Waals surface area (Å²) in [5, 5.41) is 7.40. The first kappa shape index (κ1) is 24.6. The molecular weight excluding hydrogens is 419 g/mol. The molecule has 0 bridgehead atoms. The van der Waals surface area contributed by atoms with Crippen LogP contribution in [0.3, 0.4) is 0 Å². The average Bonchev–Trinajstić information content (AvgIpc) is 2.75. The third kappa shape index (κ3) is 5.40. The molecule has 2 atom stereocenters. The van der Waals surface area contributed by atoms with Crippen molar-refractivity contribution in [2.45, 2.75) is 83.8 Å². The molecule has 2 N–H and O–H groups in total. The van der Waals surface area contributed by atoms with Crippen LogP contribution in [-0.4, -0.2) is 5.67 Å². The monoisotopic (exact) mass is 460 g/mol. The number of hydrogen-bond acceptors (Lipinski definition) is 2. The molecule has 0 aromatic heterocycles. The van der Waals surface area contributed by atoms with E-state index in [1.54, 1.807) is 13.8 Å². The lowest BCUT2D eigenvalue weighted by Gasteiger charge is -2.46. The number of alkyl halides is 1. The third-order valence-electron chi connectivity index (χ3n) is 7.74. The summed E-state index contributed by atoms with van der Waals surface area (Å²) in [7, 11) is 0. The fraction of sp³-hybridized carbons (Fsp3) is 0.484. The molecule has 2 aromatic carbocycles. The van der Waals surface area contributed by atoms with Crippen LogP contribution in [0, 0.1) is 18.8 Å². The first-order valence-electron chi connectivity index (χ1n) is 12.9. The molecule has 1 unspecified atom stereocenters. The second-order valence-electron chi connectivity index (χ2n) is 11.4. The fourth-order valence-electron chi connectivity index (χ4n) is 6.25. The second-order valence-corrected chi connectivity index (χ2v) is 11.4. The molecule has 0 amide bonds. The predicted octanol–water partition coefficient (Wildman–Crippen LogP) is 8.50. The van der Waals surface area contributed by atoms with Gasteiger partial charge >= 0.3 is 0 Å². The van der Waals surface area contributed by atoms with E-state index in [1.807, 2.05) is 24.3 Å². The van der Waals surface area contributed by atoms with Gasteiger partial charge in [-0.05, 0) is 87.8 Å². The van der Waals surface area contributed by atoms with Crippen molar-refractivity contribution in [1.29, 1.82) is 0 Å². The Bertz CT molecular complexity index is 1020. The molecule has 34 heavy (non-hydrogen) atoms. The number of hydrogen-bond donors (Lipinski definition) is 2. The van der Waals surface area contributed by atoms with Gasteiger partial charge in [-0.1, -0.05) is 62.3 Å². The molecule has 2 aliphatic rings. The van der Waals surface area contributed by atoms with E-state index in [2.05, 4.69) is 55.8 Å². The van der Waals surface area contributed by atoms with Crippen LogP contribution in [0.2, 0.25) is 0 Å². The highest BCUT2D eigenvalue weighted by Crippen LogP contribution is 2.46. The number of nitrogens with one attached hydrogen (secondary N) is 2. The summed E-state index contributed by atoms with van der Waals surface area (Å²) in [4.78, 5) is 0. The Balaban J connectivity index is 1.52. The molecule has 182 valence electrons. The minimum absolute atomic E-state index is 0.225. The molecule has 2 aromatic rings. The minimum atomic E-state index is -1.20. The highest BCUT2D eigenvalue weighted by atomic mass is 19.1. The van der Waals surface area contributed by atoms with E-state index in [0.29, 0.717) is 18.3 Å². The topological polar surface area (TPSA) is 24.1 Å². The van der Waals surface area contributed by atoms with E-state index >= 15 is 0 Å². The van der Waals surface area contributed by atoms with Crippen LogP contribution in [0.4, 0.5) is 15.8 Å². The molecule has 2 nitrogen and oxygen atoms in total. The number of halogens is 1. The molecular formula is C31H41FN2. The Hall–Kier alpha value is -2.55. The summed E-state index contributed by atoms with van der Waals surface area (Å²) in [5.41, 5.74) is 6.63. The zero-order valence-corrected chi connectivity index (χ0v) is 21.4. The Morgan fingerprint density at radius 2 is 1.74 bits per heavy atom. The summed E-state index contributed by atoms with van der Waals surface area (Å²) >= 11 is 0. The molecule has 1 saturated heterocycles. The van der Waals surface area contributed by atoms with Crippen molar-refractivity contribution in [3.63, 3.8) is 0 Å². The van der Waals surface area contributed by atoms with Crippen molar-refractivity contribution in [2.75, 3.05) is 5.32 Å². The van der Waals surface area contributed by atoms with E-state index in [1.165, 1.54) is 48.8 Å². The van der Waals surface area contributed by atoms with Crippen LogP contribution in [0.1, 0.15) is 76.0 Å². The SMILES string of the molecule is C=C1C[C@@](C)(c2cccc(Nc3ccc(CC(C)(C)F)cc3)c2C)NC(=C)C1C1CCCCC1. The Kier molecular flexibility index (Phi) is 6.94. The van der Waals surface area contributed by atoms with Crippen LogP contribution in [-0.2, 0) is 12.0 Å². The van der Waals surface area contributed by atoms with Crippen LogP contribution >= 0.6 is 0 Å². The number of piperidine rings is 1. The minimum Gasteiger partial charge on any atom is -0.379 e. The Labute approximate surface area is 205 Å². The molecule has 3 heteroatoms. The summed E-state index contributed by atoms with van der Waals surface area (Å²) < 4.78 is 14.0. The maximum atomic E-state index is 14.0. The molecule has 4 rings (SSSR count). The van der Waals surface area contributed by atoms with Gasteiger partial charge in [0, 0.05) is 29.4 Å². The van der Waals surface area contributed by atoms with Crippen LogP contribution in [0.25, 0.3) is 0 Å². The van der Waals surface area contributed by atoms with Crippen molar-refractivity contribution in [2.24, 2.45) is 11.8 Å². The number of rotatable bonds is 6. The van der Waals surface area contributed by atoms with E-state index in [4.69, 9.17) is 0 Å². The van der Waals surface area contributed by atoms with Crippen LogP contribution in [0.5, 0.6) is 0 Å². The maximum Gasteiger partial charge on any atom is 0.109 e. The van der Waals surface area contributed by atoms with Crippen molar-refractivity contribution in [3.8, 4) is 0 Å². The summed E-state index contributed by atoms with van der Waals surface area (Å²) in [5.74, 6) is 1.08. The van der Waals surface area contributed by atoms with E-state index in [0.717, 1.165) is 29.1 Å². The van der Waals surface area contributed by atoms with E-state index < -0.39 is 5.67 Å². The van der Waals surface area contributed by atoms with Gasteiger partial charge < -0.3 is 10.6 Å². The summed E-state index contributed by atoms with van der Waals surface area (Å²) in [6.07, 6.45) is 7.95. The van der Waals surface area contributed by atoms with Gasteiger partial charge in [0.25, 0.3) is 0 Å². The number of allylic oxidation sites excluding steroid dienone is 1. The number of benzene rings is 2. The molecule has 0 radical (unpaired) electrons. The lowest BCUT2D eigenvalue weighted by atomic mass is 9.68. The largest absolute Gasteiger partial charge is 0.379 e. The van der Waals surface area contributed by atoms with Gasteiger partial charge in [0.05, 0.1) is 5.54 Å². The predicted molar refractivity (Wildman–Crippen MR) is 143 cm³/mol. The lowest BCUT2D eigenvalue weighted by Crippen LogP contribution is -2.47. The van der Waals surface area contributed by atoms with Gasteiger partial charge in [-0.2, -0.15) is 0 Å². The van der Waals surface area contributed by atoms with E-state index in [-0.39, 0.29) is 5.54 Å². The normalized spacial score (nSPS) is 24.1. The van der Waals surface area contributed by atoms with Crippen LogP contribution in [0.15, 0.2) is 66.9 Å². The van der Waals surface area contributed by atoms with Gasteiger partial charge in [0.2, 0.25) is 0 Å². The molecule has 1 aliphatic carbocycles. The molecule has 2 fully saturated rings. The smallest absolute Gasteiger partial charge is 0.109 e. The molecule has 1 heterocycles. The quantitative estimate of drug-likeness (QED) is 0.422. The average molecular weight is 461 g/mol. The van der Waals surface area contributed by atoms with Crippen molar-refractivity contribution < 1.29 is 4.39 Å². The molecule has 1 saturated carbocycles. The fourth-order valence-corrected chi connectivity index (χ4v) is 6.25. The first-order chi connectivity index (χ1) is 16.1. The lowest BCUT2D eigenvalue weighted by molar-refractivity contribution is 0.217. The van der Waals surface area contributed by atoms with Gasteiger partial charge in [-0.3, -0.25) is 0 Å². The Morgan fingerprint density at radius 3 is 2.35 bits per heavy atom. The van der Waals surface area contributed by atoms with E-state index in [9.17, 15) is 4.39 Å². The van der Waals surface area contributed by atoms with Crippen molar-refractivity contribution in [3.05, 3.63) is 83.6 Å². The van der Waals surface area contributed by atoms with Gasteiger partial charge in [-0.25, -0.2) is 4.39 Å². The molecule has 0 spiro atoms. The number of anilines is 2. The van der Waals surface area contributed by atoms with Gasteiger partial charge in [0.15, 0.2) is 0 Å². The summed E-state index contributed by atoms with van der Waals surface area (Å²) in [6.45, 7) is 16.7.